The zero-order chi connectivity index (χ0) is 23.8. The Kier molecular flexibility index (Phi) is 8.67. The van der Waals surface area contributed by atoms with Crippen LogP contribution in [0.2, 0.25) is 0 Å². The van der Waals surface area contributed by atoms with E-state index >= 15 is 0 Å². The van der Waals surface area contributed by atoms with Crippen molar-refractivity contribution in [1.82, 2.24) is 14.8 Å². The summed E-state index contributed by atoms with van der Waals surface area (Å²) in [6.07, 6.45) is 2.71. The first-order valence-electron chi connectivity index (χ1n) is 10.3. The van der Waals surface area contributed by atoms with Crippen LogP contribution in [-0.2, 0) is 29.1 Å². The molecule has 1 amide bonds. The number of nitrogens with zero attached hydrogens (tertiary/aromatic N) is 3. The highest BCUT2D eigenvalue weighted by molar-refractivity contribution is 7.99. The number of carbonyl (C=O) groups excluding carboxylic acids is 2. The minimum atomic E-state index is -0.484. The van der Waals surface area contributed by atoms with Gasteiger partial charge in [-0.15, -0.1) is 28.1 Å². The number of benzene rings is 1. The zero-order valence-corrected chi connectivity index (χ0v) is 20.4. The number of carbonyl (C=O) groups is 2. The van der Waals surface area contributed by atoms with E-state index in [2.05, 4.69) is 29.0 Å². The van der Waals surface area contributed by atoms with E-state index in [1.807, 2.05) is 35.8 Å². The number of hydrogen-bond donors (Lipinski definition) is 1. The van der Waals surface area contributed by atoms with Crippen LogP contribution in [0.4, 0.5) is 5.00 Å². The second-order valence-corrected chi connectivity index (χ2v) is 9.21. The molecule has 8 nitrogen and oxygen atoms in total. The molecule has 0 atom stereocenters. The summed E-state index contributed by atoms with van der Waals surface area (Å²) in [5.74, 6) is 0.753. The van der Waals surface area contributed by atoms with E-state index in [-0.39, 0.29) is 18.3 Å². The van der Waals surface area contributed by atoms with E-state index in [1.165, 1.54) is 35.8 Å². The number of ether oxygens (including phenoxy) is 2. The molecule has 0 saturated carbocycles. The molecule has 0 unspecified atom stereocenters. The predicted octanol–water partition coefficient (Wildman–Crippen LogP) is 4.49. The molecular weight excluding hydrogens is 460 g/mol. The number of thioether (sulfide) groups is 1. The first-order chi connectivity index (χ1) is 15.9. The average Bonchev–Trinajstić information content (AvgIpc) is 3.38. The Morgan fingerprint density at radius 2 is 2.03 bits per heavy atom. The molecule has 2 aromatic heterocycles. The molecule has 10 heteroatoms. The third-order valence-corrected chi connectivity index (χ3v) is 6.58. The zero-order valence-electron chi connectivity index (χ0n) is 18.8. The van der Waals surface area contributed by atoms with Crippen LogP contribution in [0, 0.1) is 6.92 Å². The van der Waals surface area contributed by atoms with Gasteiger partial charge in [-0.1, -0.05) is 36.9 Å². The largest absolute Gasteiger partial charge is 0.486 e. The second kappa shape index (κ2) is 11.7. The Morgan fingerprint density at radius 3 is 2.70 bits per heavy atom. The molecule has 1 aromatic carbocycles. The highest BCUT2D eigenvalue weighted by Crippen LogP contribution is 2.28. The monoisotopic (exact) mass is 486 g/mol. The number of aromatic nitrogens is 3. The van der Waals surface area contributed by atoms with Crippen LogP contribution in [0.3, 0.4) is 0 Å². The van der Waals surface area contributed by atoms with Crippen molar-refractivity contribution >= 4 is 40.0 Å². The van der Waals surface area contributed by atoms with Crippen LogP contribution in [0.1, 0.15) is 33.5 Å². The Balaban J connectivity index is 1.62. The van der Waals surface area contributed by atoms with Crippen molar-refractivity contribution in [1.29, 1.82) is 0 Å². The molecule has 0 aliphatic heterocycles. The maximum atomic E-state index is 12.5. The topological polar surface area (TPSA) is 95.3 Å². The summed E-state index contributed by atoms with van der Waals surface area (Å²) in [5.41, 5.74) is 1.59. The maximum absolute atomic E-state index is 12.5. The molecule has 0 saturated heterocycles. The van der Waals surface area contributed by atoms with Crippen LogP contribution in [-0.4, -0.2) is 39.5 Å². The number of anilines is 1. The van der Waals surface area contributed by atoms with Gasteiger partial charge >= 0.3 is 5.97 Å². The van der Waals surface area contributed by atoms with Gasteiger partial charge in [-0.2, -0.15) is 0 Å². The Labute approximate surface area is 201 Å². The number of esters is 1. The molecular formula is C23H26N4O4S2. The van der Waals surface area contributed by atoms with Crippen molar-refractivity contribution < 1.29 is 19.1 Å². The van der Waals surface area contributed by atoms with Gasteiger partial charge in [-0.05, 0) is 37.1 Å². The number of nitrogens with one attached hydrogen (secondary N) is 1. The summed E-state index contributed by atoms with van der Waals surface area (Å²) in [6.45, 7) is 8.49. The van der Waals surface area contributed by atoms with Crippen molar-refractivity contribution in [2.45, 2.75) is 38.6 Å². The molecule has 3 aromatic rings. The first kappa shape index (κ1) is 24.5. The van der Waals surface area contributed by atoms with Crippen molar-refractivity contribution in [2.24, 2.45) is 0 Å². The van der Waals surface area contributed by atoms with Gasteiger partial charge < -0.3 is 14.8 Å². The number of methoxy groups -OCH3 is 1. The molecule has 0 spiro atoms. The number of rotatable bonds is 11. The normalized spacial score (nSPS) is 10.6. The Bertz CT molecular complexity index is 1120. The minimum Gasteiger partial charge on any atom is -0.486 e. The second-order valence-electron chi connectivity index (χ2n) is 7.01. The fourth-order valence-electron chi connectivity index (χ4n) is 2.98. The smallest absolute Gasteiger partial charge is 0.340 e. The number of aryl methyl sites for hydroxylation is 2. The van der Waals surface area contributed by atoms with E-state index in [0.717, 1.165) is 17.0 Å². The lowest BCUT2D eigenvalue weighted by Crippen LogP contribution is -2.16. The highest BCUT2D eigenvalue weighted by Gasteiger charge is 2.19. The fourth-order valence-corrected chi connectivity index (χ4v) is 4.66. The molecule has 2 heterocycles. The number of amides is 1. The predicted molar refractivity (Wildman–Crippen MR) is 130 cm³/mol. The van der Waals surface area contributed by atoms with Crippen LogP contribution in [0.25, 0.3) is 0 Å². The third-order valence-electron chi connectivity index (χ3n) is 4.65. The van der Waals surface area contributed by atoms with Crippen molar-refractivity contribution in [3.63, 3.8) is 0 Å². The number of thiophene rings is 1. The summed E-state index contributed by atoms with van der Waals surface area (Å²) in [4.78, 5) is 25.3. The van der Waals surface area contributed by atoms with E-state index in [4.69, 9.17) is 9.47 Å². The van der Waals surface area contributed by atoms with Gasteiger partial charge in [-0.3, -0.25) is 9.36 Å². The molecule has 3 rings (SSSR count). The van der Waals surface area contributed by atoms with E-state index < -0.39 is 5.97 Å². The summed E-state index contributed by atoms with van der Waals surface area (Å²) >= 11 is 2.58. The Morgan fingerprint density at radius 1 is 1.27 bits per heavy atom. The summed E-state index contributed by atoms with van der Waals surface area (Å²) in [5, 5.41) is 12.3. The van der Waals surface area contributed by atoms with E-state index in [9.17, 15) is 9.59 Å². The van der Waals surface area contributed by atoms with Gasteiger partial charge in [0, 0.05) is 11.4 Å². The van der Waals surface area contributed by atoms with Gasteiger partial charge in [0.2, 0.25) is 5.91 Å². The molecule has 0 radical (unpaired) electrons. The lowest BCUT2D eigenvalue weighted by atomic mass is 10.2. The summed E-state index contributed by atoms with van der Waals surface area (Å²) in [6, 6.07) is 9.63. The third kappa shape index (κ3) is 6.45. The number of allylic oxidation sites excluding steroid dienone is 1. The molecule has 0 aliphatic carbocycles. The fraction of sp³-hybridized carbons (Fsp3) is 0.304. The number of hydrogen-bond acceptors (Lipinski definition) is 8. The Hall–Kier alpha value is -3.11. The van der Waals surface area contributed by atoms with Gasteiger partial charge in [0.05, 0.1) is 18.4 Å². The SMILES string of the molecule is C=CCn1c(COc2ccc(CC)cc2)nnc1SCC(=O)Nc1sc(C)cc1C(=O)OC. The highest BCUT2D eigenvalue weighted by atomic mass is 32.2. The van der Waals surface area contributed by atoms with E-state index in [1.54, 1.807) is 12.1 Å². The van der Waals surface area contributed by atoms with Gasteiger partial charge in [0.25, 0.3) is 0 Å². The van der Waals surface area contributed by atoms with Crippen molar-refractivity contribution in [2.75, 3.05) is 18.2 Å². The van der Waals surface area contributed by atoms with Crippen LogP contribution < -0.4 is 10.1 Å². The maximum Gasteiger partial charge on any atom is 0.340 e. The van der Waals surface area contributed by atoms with Crippen LogP contribution in [0.5, 0.6) is 5.75 Å². The summed E-state index contributed by atoms with van der Waals surface area (Å²) < 4.78 is 12.5. The summed E-state index contributed by atoms with van der Waals surface area (Å²) in [7, 11) is 1.31. The lowest BCUT2D eigenvalue weighted by molar-refractivity contribution is -0.113. The molecule has 174 valence electrons. The molecule has 1 N–H and O–H groups in total. The molecule has 0 aliphatic rings. The van der Waals surface area contributed by atoms with Crippen molar-refractivity contribution in [3.8, 4) is 5.75 Å². The van der Waals surface area contributed by atoms with Gasteiger partial charge in [0.15, 0.2) is 11.0 Å². The van der Waals surface area contributed by atoms with Gasteiger partial charge in [0.1, 0.15) is 17.4 Å². The van der Waals surface area contributed by atoms with Crippen LogP contribution >= 0.6 is 23.1 Å². The molecule has 0 bridgehead atoms. The average molecular weight is 487 g/mol. The molecule has 0 fully saturated rings. The quantitative estimate of drug-likeness (QED) is 0.242. The minimum absolute atomic E-state index is 0.103. The van der Waals surface area contributed by atoms with Crippen LogP contribution in [0.15, 0.2) is 48.1 Å². The first-order valence-corrected chi connectivity index (χ1v) is 12.1. The molecule has 33 heavy (non-hydrogen) atoms. The lowest BCUT2D eigenvalue weighted by Gasteiger charge is -2.10. The van der Waals surface area contributed by atoms with Crippen molar-refractivity contribution in [3.05, 3.63) is 64.8 Å². The van der Waals surface area contributed by atoms with E-state index in [0.29, 0.717) is 28.1 Å². The van der Waals surface area contributed by atoms with Gasteiger partial charge in [-0.25, -0.2) is 4.79 Å². The standard InChI is InChI=1S/C23H26N4O4S2/c1-5-11-27-19(13-31-17-9-7-16(6-2)8-10-17)25-26-23(27)32-14-20(28)24-21-18(22(29)30-4)12-15(3)33-21/h5,7-10,12H,1,6,11,13-14H2,2-4H3,(H,24,28).